The Bertz CT molecular complexity index is 693. The molecule has 1 aliphatic rings. The lowest BCUT2D eigenvalue weighted by molar-refractivity contribution is -0.130. The van der Waals surface area contributed by atoms with Crippen molar-refractivity contribution in [3.8, 4) is 0 Å². The summed E-state index contributed by atoms with van der Waals surface area (Å²) < 4.78 is 5.71. The molecule has 1 aromatic heterocycles. The van der Waals surface area contributed by atoms with Gasteiger partial charge in [-0.1, -0.05) is 30.3 Å². The minimum absolute atomic E-state index is 0.153. The minimum Gasteiger partial charge on any atom is -0.379 e. The van der Waals surface area contributed by atoms with Crippen molar-refractivity contribution < 1.29 is 9.53 Å². The SMILES string of the molecule is CNc1cc(CC2COCCN(C(=O)Cc3ccccc3)C2)ncn1. The van der Waals surface area contributed by atoms with E-state index in [1.54, 1.807) is 6.33 Å². The molecular weight excluding hydrogens is 316 g/mol. The van der Waals surface area contributed by atoms with Crippen LogP contribution in [-0.2, 0) is 22.4 Å². The summed E-state index contributed by atoms with van der Waals surface area (Å²) in [5, 5.41) is 3.02. The topological polar surface area (TPSA) is 67.3 Å². The summed E-state index contributed by atoms with van der Waals surface area (Å²) in [4.78, 5) is 23.1. The zero-order valence-electron chi connectivity index (χ0n) is 14.5. The first-order chi connectivity index (χ1) is 12.2. The van der Waals surface area contributed by atoms with E-state index in [4.69, 9.17) is 4.74 Å². The Morgan fingerprint density at radius 2 is 2.16 bits per heavy atom. The number of anilines is 1. The Hall–Kier alpha value is -2.47. The molecule has 1 fully saturated rings. The largest absolute Gasteiger partial charge is 0.379 e. The average molecular weight is 340 g/mol. The van der Waals surface area contributed by atoms with Gasteiger partial charge in [-0.3, -0.25) is 4.79 Å². The highest BCUT2D eigenvalue weighted by molar-refractivity contribution is 5.78. The molecule has 1 unspecified atom stereocenters. The first-order valence-corrected chi connectivity index (χ1v) is 8.62. The molecule has 0 radical (unpaired) electrons. The fraction of sp³-hybridized carbons (Fsp3) is 0.421. The van der Waals surface area contributed by atoms with E-state index >= 15 is 0 Å². The molecule has 6 nitrogen and oxygen atoms in total. The number of hydrogen-bond donors (Lipinski definition) is 1. The van der Waals surface area contributed by atoms with Crippen LogP contribution < -0.4 is 5.32 Å². The molecule has 0 bridgehead atoms. The lowest BCUT2D eigenvalue weighted by atomic mass is 10.0. The summed E-state index contributed by atoms with van der Waals surface area (Å²) in [5.41, 5.74) is 2.01. The van der Waals surface area contributed by atoms with E-state index in [2.05, 4.69) is 15.3 Å². The van der Waals surface area contributed by atoms with Gasteiger partial charge in [0.1, 0.15) is 12.1 Å². The van der Waals surface area contributed by atoms with E-state index in [-0.39, 0.29) is 11.8 Å². The predicted molar refractivity (Wildman–Crippen MR) is 96.3 cm³/mol. The number of nitrogens with one attached hydrogen (secondary N) is 1. The standard InChI is InChI=1S/C19H24N4O2/c1-20-18-11-17(21-14-22-18)9-16-12-23(7-8-25-13-16)19(24)10-15-5-3-2-4-6-15/h2-6,11,14,16H,7-10,12-13H2,1H3,(H,20,21,22). The third kappa shape index (κ3) is 5.00. The maximum atomic E-state index is 12.7. The van der Waals surface area contributed by atoms with Crippen LogP contribution in [0.4, 0.5) is 5.82 Å². The van der Waals surface area contributed by atoms with Crippen molar-refractivity contribution >= 4 is 11.7 Å². The average Bonchev–Trinajstić information content (AvgIpc) is 2.88. The Morgan fingerprint density at radius 3 is 2.96 bits per heavy atom. The molecule has 0 spiro atoms. The molecule has 2 aromatic rings. The summed E-state index contributed by atoms with van der Waals surface area (Å²) in [7, 11) is 1.84. The molecule has 25 heavy (non-hydrogen) atoms. The summed E-state index contributed by atoms with van der Waals surface area (Å²) in [6.45, 7) is 2.58. The van der Waals surface area contributed by atoms with E-state index in [1.165, 1.54) is 0 Å². The number of benzene rings is 1. The highest BCUT2D eigenvalue weighted by Gasteiger charge is 2.23. The van der Waals surface area contributed by atoms with E-state index in [1.807, 2.05) is 48.3 Å². The second-order valence-electron chi connectivity index (χ2n) is 6.29. The van der Waals surface area contributed by atoms with Crippen molar-refractivity contribution in [2.45, 2.75) is 12.8 Å². The second kappa shape index (κ2) is 8.58. The Morgan fingerprint density at radius 1 is 1.32 bits per heavy atom. The van der Waals surface area contributed by atoms with E-state index in [0.717, 1.165) is 23.5 Å². The number of aromatic nitrogens is 2. The molecule has 132 valence electrons. The van der Waals surface area contributed by atoms with Crippen molar-refractivity contribution in [3.05, 3.63) is 54.0 Å². The maximum Gasteiger partial charge on any atom is 0.227 e. The van der Waals surface area contributed by atoms with Crippen LogP contribution in [-0.4, -0.2) is 54.1 Å². The molecule has 1 amide bonds. The quantitative estimate of drug-likeness (QED) is 0.899. The van der Waals surface area contributed by atoms with Crippen LogP contribution in [0.25, 0.3) is 0 Å². The van der Waals surface area contributed by atoms with Crippen molar-refractivity contribution in [1.29, 1.82) is 0 Å². The van der Waals surface area contributed by atoms with Crippen molar-refractivity contribution in [3.63, 3.8) is 0 Å². The molecule has 1 saturated heterocycles. The highest BCUT2D eigenvalue weighted by atomic mass is 16.5. The number of carbonyl (C=O) groups excluding carboxylic acids is 1. The summed E-state index contributed by atoms with van der Waals surface area (Å²) >= 11 is 0. The van der Waals surface area contributed by atoms with Crippen LogP contribution in [0.1, 0.15) is 11.3 Å². The van der Waals surface area contributed by atoms with Gasteiger partial charge in [-0.2, -0.15) is 0 Å². The van der Waals surface area contributed by atoms with Gasteiger partial charge in [-0.15, -0.1) is 0 Å². The fourth-order valence-corrected chi connectivity index (χ4v) is 3.05. The predicted octanol–water partition coefficient (Wildman–Crippen LogP) is 1.78. The van der Waals surface area contributed by atoms with Crippen molar-refractivity contribution in [2.24, 2.45) is 5.92 Å². The first-order valence-electron chi connectivity index (χ1n) is 8.62. The van der Waals surface area contributed by atoms with Gasteiger partial charge >= 0.3 is 0 Å². The molecule has 0 saturated carbocycles. The number of nitrogens with zero attached hydrogens (tertiary/aromatic N) is 3. The van der Waals surface area contributed by atoms with E-state index < -0.39 is 0 Å². The molecule has 2 heterocycles. The van der Waals surface area contributed by atoms with Gasteiger partial charge in [0.15, 0.2) is 0 Å². The summed E-state index contributed by atoms with van der Waals surface area (Å²) in [6, 6.07) is 11.8. The van der Waals surface area contributed by atoms with Gasteiger partial charge in [0.25, 0.3) is 0 Å². The molecule has 1 aliphatic heterocycles. The molecule has 1 N–H and O–H groups in total. The number of rotatable bonds is 5. The maximum absolute atomic E-state index is 12.7. The molecule has 1 atom stereocenters. The third-order valence-electron chi connectivity index (χ3n) is 4.37. The third-order valence-corrected chi connectivity index (χ3v) is 4.37. The first kappa shape index (κ1) is 17.4. The van der Waals surface area contributed by atoms with Crippen LogP contribution in [0, 0.1) is 5.92 Å². The number of carbonyl (C=O) groups is 1. The van der Waals surface area contributed by atoms with Gasteiger partial charge < -0.3 is 15.0 Å². The monoisotopic (exact) mass is 340 g/mol. The molecule has 0 aliphatic carbocycles. The smallest absolute Gasteiger partial charge is 0.227 e. The van der Waals surface area contributed by atoms with Crippen LogP contribution in [0.5, 0.6) is 0 Å². The highest BCUT2D eigenvalue weighted by Crippen LogP contribution is 2.15. The second-order valence-corrected chi connectivity index (χ2v) is 6.29. The van der Waals surface area contributed by atoms with E-state index in [0.29, 0.717) is 32.7 Å². The fourth-order valence-electron chi connectivity index (χ4n) is 3.05. The van der Waals surface area contributed by atoms with E-state index in [9.17, 15) is 4.79 Å². The van der Waals surface area contributed by atoms with Crippen LogP contribution >= 0.6 is 0 Å². The van der Waals surface area contributed by atoms with Crippen molar-refractivity contribution in [1.82, 2.24) is 14.9 Å². The minimum atomic E-state index is 0.153. The zero-order valence-corrected chi connectivity index (χ0v) is 14.5. The van der Waals surface area contributed by atoms with Gasteiger partial charge in [0.05, 0.1) is 19.6 Å². The molecular formula is C19H24N4O2. The number of amides is 1. The van der Waals surface area contributed by atoms with Crippen molar-refractivity contribution in [2.75, 3.05) is 38.7 Å². The lowest BCUT2D eigenvalue weighted by Gasteiger charge is -2.23. The molecule has 3 rings (SSSR count). The zero-order chi connectivity index (χ0) is 17.5. The normalized spacial score (nSPS) is 17.8. The van der Waals surface area contributed by atoms with Crippen LogP contribution in [0.3, 0.4) is 0 Å². The van der Waals surface area contributed by atoms with Gasteiger partial charge in [-0.05, 0) is 12.0 Å². The molecule has 1 aromatic carbocycles. The Kier molecular flexibility index (Phi) is 5.95. The number of ether oxygens (including phenoxy) is 1. The van der Waals surface area contributed by atoms with Crippen LogP contribution in [0.15, 0.2) is 42.7 Å². The molecule has 6 heteroatoms. The van der Waals surface area contributed by atoms with Gasteiger partial charge in [0, 0.05) is 37.8 Å². The Balaban J connectivity index is 1.62. The van der Waals surface area contributed by atoms with Crippen LogP contribution in [0.2, 0.25) is 0 Å². The summed E-state index contributed by atoms with van der Waals surface area (Å²) in [6.07, 6.45) is 2.77. The van der Waals surface area contributed by atoms with Gasteiger partial charge in [-0.25, -0.2) is 9.97 Å². The number of hydrogen-bond acceptors (Lipinski definition) is 5. The Labute approximate surface area is 148 Å². The summed E-state index contributed by atoms with van der Waals surface area (Å²) in [5.74, 6) is 1.19. The lowest BCUT2D eigenvalue weighted by Crippen LogP contribution is -2.37. The van der Waals surface area contributed by atoms with Gasteiger partial charge in [0.2, 0.25) is 5.91 Å².